The number of carbonyl (C=O) groups is 1. The van der Waals surface area contributed by atoms with E-state index in [9.17, 15) is 18.0 Å². The van der Waals surface area contributed by atoms with Gasteiger partial charge in [-0.1, -0.05) is 22.8 Å². The van der Waals surface area contributed by atoms with Gasteiger partial charge < -0.3 is 9.84 Å². The molecule has 7 nitrogen and oxygen atoms in total. The molecule has 1 N–H and O–H groups in total. The summed E-state index contributed by atoms with van der Waals surface area (Å²) in [6, 6.07) is 5.78. The van der Waals surface area contributed by atoms with Crippen LogP contribution in [0.25, 0.3) is 5.69 Å². The number of amides is 1. The summed E-state index contributed by atoms with van der Waals surface area (Å²) in [6.07, 6.45) is -3.07. The average Bonchev–Trinajstić information content (AvgIpc) is 3.24. The SMILES string of the molecule is Cc1noc(CCCNC(=O)c2cnn(-c3cccc(Cl)c3)c2C(F)(F)F)n1. The van der Waals surface area contributed by atoms with Gasteiger partial charge in [-0.3, -0.25) is 4.79 Å². The monoisotopic (exact) mass is 413 g/mol. The highest BCUT2D eigenvalue weighted by molar-refractivity contribution is 6.30. The molecule has 0 atom stereocenters. The van der Waals surface area contributed by atoms with Gasteiger partial charge in [-0.15, -0.1) is 0 Å². The number of nitrogens with zero attached hydrogens (tertiary/aromatic N) is 4. The molecule has 11 heteroatoms. The van der Waals surface area contributed by atoms with E-state index >= 15 is 0 Å². The number of hydrogen-bond donors (Lipinski definition) is 1. The Bertz CT molecular complexity index is 983. The fourth-order valence-corrected chi connectivity index (χ4v) is 2.75. The van der Waals surface area contributed by atoms with E-state index in [1.807, 2.05) is 0 Å². The van der Waals surface area contributed by atoms with Crippen LogP contribution in [0, 0.1) is 6.92 Å². The topological polar surface area (TPSA) is 85.8 Å². The van der Waals surface area contributed by atoms with E-state index in [2.05, 4.69) is 20.6 Å². The number of hydrogen-bond acceptors (Lipinski definition) is 5. The molecule has 0 spiro atoms. The first-order chi connectivity index (χ1) is 13.3. The van der Waals surface area contributed by atoms with Crippen molar-refractivity contribution < 1.29 is 22.5 Å². The molecule has 2 aromatic heterocycles. The molecule has 0 saturated carbocycles. The highest BCUT2D eigenvalue weighted by atomic mass is 35.5. The second-order valence-electron chi connectivity index (χ2n) is 5.89. The summed E-state index contributed by atoms with van der Waals surface area (Å²) < 4.78 is 46.4. The molecule has 0 aliphatic rings. The maximum absolute atomic E-state index is 13.6. The fourth-order valence-electron chi connectivity index (χ4n) is 2.57. The molecule has 3 aromatic rings. The van der Waals surface area contributed by atoms with Gasteiger partial charge in [0.1, 0.15) is 0 Å². The largest absolute Gasteiger partial charge is 0.434 e. The van der Waals surface area contributed by atoms with Crippen LogP contribution in [0.4, 0.5) is 13.2 Å². The smallest absolute Gasteiger partial charge is 0.352 e. The van der Waals surface area contributed by atoms with Gasteiger partial charge in [-0.05, 0) is 31.5 Å². The summed E-state index contributed by atoms with van der Waals surface area (Å²) in [4.78, 5) is 16.3. The molecule has 1 amide bonds. The number of nitrogens with one attached hydrogen (secondary N) is 1. The van der Waals surface area contributed by atoms with E-state index in [1.54, 1.807) is 6.92 Å². The van der Waals surface area contributed by atoms with Crippen molar-refractivity contribution in [3.05, 3.63) is 58.5 Å². The molecule has 0 radical (unpaired) electrons. The molecule has 148 valence electrons. The third kappa shape index (κ3) is 4.50. The number of benzene rings is 1. The molecule has 0 aliphatic carbocycles. The van der Waals surface area contributed by atoms with Crippen LogP contribution in [0.3, 0.4) is 0 Å². The molecular weight excluding hydrogens is 399 g/mol. The normalized spacial score (nSPS) is 11.6. The summed E-state index contributed by atoms with van der Waals surface area (Å²) in [5.41, 5.74) is -1.63. The van der Waals surface area contributed by atoms with Gasteiger partial charge in [0.05, 0.1) is 17.4 Å². The molecule has 0 aliphatic heterocycles. The molecular formula is C17H15ClF3N5O2. The number of carbonyl (C=O) groups excluding carboxylic acids is 1. The third-order valence-corrected chi connectivity index (χ3v) is 3.99. The van der Waals surface area contributed by atoms with Crippen molar-refractivity contribution >= 4 is 17.5 Å². The lowest BCUT2D eigenvalue weighted by Crippen LogP contribution is -2.27. The van der Waals surface area contributed by atoms with Crippen molar-refractivity contribution in [3.63, 3.8) is 0 Å². The first-order valence-electron chi connectivity index (χ1n) is 8.24. The molecule has 3 rings (SSSR count). The van der Waals surface area contributed by atoms with Crippen molar-refractivity contribution in [1.29, 1.82) is 0 Å². The van der Waals surface area contributed by atoms with E-state index in [4.69, 9.17) is 16.1 Å². The third-order valence-electron chi connectivity index (χ3n) is 3.76. The summed E-state index contributed by atoms with van der Waals surface area (Å²) >= 11 is 5.85. The zero-order valence-corrected chi connectivity index (χ0v) is 15.4. The predicted octanol–water partition coefficient (Wildman–Crippen LogP) is 3.60. The van der Waals surface area contributed by atoms with E-state index < -0.39 is 23.3 Å². The van der Waals surface area contributed by atoms with Crippen LogP contribution in [0.2, 0.25) is 5.02 Å². The van der Waals surface area contributed by atoms with Crippen LogP contribution < -0.4 is 5.32 Å². The maximum atomic E-state index is 13.6. The zero-order chi connectivity index (χ0) is 20.3. The van der Waals surface area contributed by atoms with Crippen LogP contribution >= 0.6 is 11.6 Å². The minimum Gasteiger partial charge on any atom is -0.352 e. The minimum absolute atomic E-state index is 0.102. The van der Waals surface area contributed by atoms with E-state index in [1.165, 1.54) is 24.3 Å². The van der Waals surface area contributed by atoms with E-state index in [0.717, 1.165) is 6.20 Å². The quantitative estimate of drug-likeness (QED) is 0.624. The molecule has 0 unspecified atom stereocenters. The summed E-state index contributed by atoms with van der Waals surface area (Å²) in [5, 5.41) is 10.1. The number of halogens is 4. The molecule has 2 heterocycles. The second-order valence-corrected chi connectivity index (χ2v) is 6.33. The second kappa shape index (κ2) is 8.01. The molecule has 28 heavy (non-hydrogen) atoms. The number of rotatable bonds is 6. The van der Waals surface area contributed by atoms with Gasteiger partial charge in [0, 0.05) is 18.0 Å². The highest BCUT2D eigenvalue weighted by Gasteiger charge is 2.40. The van der Waals surface area contributed by atoms with Crippen LogP contribution in [0.1, 0.15) is 34.2 Å². The van der Waals surface area contributed by atoms with Gasteiger partial charge in [-0.25, -0.2) is 4.68 Å². The Morgan fingerprint density at radius 3 is 2.79 bits per heavy atom. The molecule has 1 aromatic carbocycles. The van der Waals surface area contributed by atoms with Crippen molar-refractivity contribution in [2.45, 2.75) is 25.9 Å². The lowest BCUT2D eigenvalue weighted by atomic mass is 10.2. The standard InChI is InChI=1S/C17H15ClF3N5O2/c1-10-24-14(28-25-10)6-3-7-22-16(27)13-9-23-26(15(13)17(19,20)21)12-5-2-4-11(18)8-12/h2,4-5,8-9H,3,6-7H2,1H3,(H,22,27). The van der Waals surface area contributed by atoms with E-state index in [0.29, 0.717) is 29.2 Å². The number of aromatic nitrogens is 4. The Labute approximate surface area is 162 Å². The summed E-state index contributed by atoms with van der Waals surface area (Å²) in [6.45, 7) is 1.81. The zero-order valence-electron chi connectivity index (χ0n) is 14.6. The Kier molecular flexibility index (Phi) is 5.68. The average molecular weight is 414 g/mol. The van der Waals surface area contributed by atoms with Gasteiger partial charge >= 0.3 is 6.18 Å². The summed E-state index contributed by atoms with van der Waals surface area (Å²) in [7, 11) is 0. The van der Waals surface area contributed by atoms with Crippen molar-refractivity contribution in [3.8, 4) is 5.69 Å². The van der Waals surface area contributed by atoms with Crippen LogP contribution in [-0.2, 0) is 12.6 Å². The Morgan fingerprint density at radius 1 is 1.36 bits per heavy atom. The molecule has 0 fully saturated rings. The van der Waals surface area contributed by atoms with Gasteiger partial charge in [0.15, 0.2) is 11.5 Å². The van der Waals surface area contributed by atoms with Crippen LogP contribution in [0.15, 0.2) is 35.0 Å². The molecule has 0 saturated heterocycles. The highest BCUT2D eigenvalue weighted by Crippen LogP contribution is 2.34. The maximum Gasteiger partial charge on any atom is 0.434 e. The lowest BCUT2D eigenvalue weighted by Gasteiger charge is -2.13. The van der Waals surface area contributed by atoms with Gasteiger partial charge in [0.2, 0.25) is 5.89 Å². The fraction of sp³-hybridized carbons (Fsp3) is 0.294. The van der Waals surface area contributed by atoms with Gasteiger partial charge in [0.25, 0.3) is 5.91 Å². The van der Waals surface area contributed by atoms with Crippen molar-refractivity contribution in [2.24, 2.45) is 0 Å². The number of aryl methyl sites for hydroxylation is 2. The summed E-state index contributed by atoms with van der Waals surface area (Å²) in [5.74, 6) is 0.0149. The Morgan fingerprint density at radius 2 is 2.14 bits per heavy atom. The lowest BCUT2D eigenvalue weighted by molar-refractivity contribution is -0.143. The Hall–Kier alpha value is -2.88. The van der Waals surface area contributed by atoms with Gasteiger partial charge in [-0.2, -0.15) is 23.3 Å². The first kappa shape index (κ1) is 19.9. The van der Waals surface area contributed by atoms with E-state index in [-0.39, 0.29) is 17.3 Å². The van der Waals surface area contributed by atoms with Crippen molar-refractivity contribution in [2.75, 3.05) is 6.54 Å². The van der Waals surface area contributed by atoms with Crippen LogP contribution in [0.5, 0.6) is 0 Å². The van der Waals surface area contributed by atoms with Crippen molar-refractivity contribution in [1.82, 2.24) is 25.2 Å². The predicted molar refractivity (Wildman–Crippen MR) is 93.3 cm³/mol. The van der Waals surface area contributed by atoms with Crippen LogP contribution in [-0.4, -0.2) is 32.4 Å². The molecule has 0 bridgehead atoms. The number of alkyl halides is 3. The first-order valence-corrected chi connectivity index (χ1v) is 8.62. The Balaban J connectivity index is 1.74. The minimum atomic E-state index is -4.78.